The smallest absolute Gasteiger partial charge is 0.319 e. The van der Waals surface area contributed by atoms with Gasteiger partial charge in [-0.25, -0.2) is 4.98 Å². The molecule has 1 aliphatic heterocycles. The van der Waals surface area contributed by atoms with Crippen LogP contribution in [0.4, 0.5) is 0 Å². The van der Waals surface area contributed by atoms with Gasteiger partial charge in [-0.2, -0.15) is 0 Å². The molecule has 132 valence electrons. The Bertz CT molecular complexity index is 1030. The second-order valence-electron chi connectivity index (χ2n) is 6.35. The molecule has 0 radical (unpaired) electrons. The number of aromatic nitrogens is 2. The van der Waals surface area contributed by atoms with E-state index in [-0.39, 0.29) is 16.8 Å². The SMILES string of the molecule is Cc1ccc(Cn2c(S[C@H]3CCOC3=O)nc3ccccc3c2=O)cc1. The number of cyclic esters (lactones) is 1. The van der Waals surface area contributed by atoms with Gasteiger partial charge >= 0.3 is 5.97 Å². The molecule has 0 saturated carbocycles. The van der Waals surface area contributed by atoms with Crippen LogP contribution in [0.25, 0.3) is 10.9 Å². The average molecular weight is 366 g/mol. The number of benzene rings is 2. The number of thioether (sulfide) groups is 1. The molecule has 1 saturated heterocycles. The van der Waals surface area contributed by atoms with E-state index < -0.39 is 0 Å². The van der Waals surface area contributed by atoms with Crippen molar-refractivity contribution in [2.24, 2.45) is 0 Å². The molecule has 1 aliphatic rings. The van der Waals surface area contributed by atoms with E-state index in [1.807, 2.05) is 49.4 Å². The highest BCUT2D eigenvalue weighted by Gasteiger charge is 2.29. The van der Waals surface area contributed by atoms with Crippen LogP contribution in [-0.4, -0.2) is 27.4 Å². The highest BCUT2D eigenvalue weighted by atomic mass is 32.2. The molecule has 0 bridgehead atoms. The Morgan fingerprint density at radius 1 is 1.15 bits per heavy atom. The van der Waals surface area contributed by atoms with Gasteiger partial charge in [-0.3, -0.25) is 14.2 Å². The summed E-state index contributed by atoms with van der Waals surface area (Å²) in [6.07, 6.45) is 0.636. The fraction of sp³-hybridized carbons (Fsp3) is 0.250. The van der Waals surface area contributed by atoms with Gasteiger partial charge in [-0.1, -0.05) is 53.7 Å². The molecule has 1 atom stereocenters. The van der Waals surface area contributed by atoms with Crippen LogP contribution in [0.2, 0.25) is 0 Å². The van der Waals surface area contributed by atoms with Gasteiger partial charge in [0.25, 0.3) is 5.56 Å². The Balaban J connectivity index is 1.80. The summed E-state index contributed by atoms with van der Waals surface area (Å²) in [6, 6.07) is 15.4. The highest BCUT2D eigenvalue weighted by molar-refractivity contribution is 8.00. The van der Waals surface area contributed by atoms with E-state index in [9.17, 15) is 9.59 Å². The Kier molecular flexibility index (Phi) is 4.51. The van der Waals surface area contributed by atoms with Crippen molar-refractivity contribution in [2.45, 2.75) is 30.3 Å². The van der Waals surface area contributed by atoms with E-state index in [0.717, 1.165) is 5.56 Å². The summed E-state index contributed by atoms with van der Waals surface area (Å²) in [5, 5.41) is 0.823. The third-order valence-electron chi connectivity index (χ3n) is 4.42. The monoisotopic (exact) mass is 366 g/mol. The zero-order valence-electron chi connectivity index (χ0n) is 14.3. The van der Waals surface area contributed by atoms with Crippen molar-refractivity contribution in [1.29, 1.82) is 0 Å². The van der Waals surface area contributed by atoms with Gasteiger partial charge in [0.15, 0.2) is 5.16 Å². The largest absolute Gasteiger partial charge is 0.465 e. The van der Waals surface area contributed by atoms with E-state index in [0.29, 0.717) is 35.6 Å². The van der Waals surface area contributed by atoms with E-state index in [2.05, 4.69) is 4.98 Å². The number of nitrogens with zero attached hydrogens (tertiary/aromatic N) is 2. The summed E-state index contributed by atoms with van der Waals surface area (Å²) in [5.74, 6) is -0.237. The second-order valence-corrected chi connectivity index (χ2v) is 7.52. The number of para-hydroxylation sites is 1. The molecule has 4 rings (SSSR count). The van der Waals surface area contributed by atoms with Crippen LogP contribution in [-0.2, 0) is 16.1 Å². The van der Waals surface area contributed by atoms with Gasteiger partial charge in [0.1, 0.15) is 5.25 Å². The Labute approximate surface area is 155 Å². The van der Waals surface area contributed by atoms with Crippen LogP contribution in [0, 0.1) is 6.92 Å². The molecule has 0 spiro atoms. The lowest BCUT2D eigenvalue weighted by atomic mass is 10.1. The van der Waals surface area contributed by atoms with Gasteiger partial charge in [0.05, 0.1) is 24.1 Å². The molecular weight excluding hydrogens is 348 g/mol. The summed E-state index contributed by atoms with van der Waals surface area (Å²) in [4.78, 5) is 29.6. The van der Waals surface area contributed by atoms with Gasteiger partial charge in [0.2, 0.25) is 0 Å². The Morgan fingerprint density at radius 2 is 1.92 bits per heavy atom. The van der Waals surface area contributed by atoms with Crippen molar-refractivity contribution in [1.82, 2.24) is 9.55 Å². The summed E-state index contributed by atoms with van der Waals surface area (Å²) >= 11 is 1.31. The fourth-order valence-electron chi connectivity index (χ4n) is 2.96. The predicted molar refractivity (Wildman–Crippen MR) is 102 cm³/mol. The minimum Gasteiger partial charge on any atom is -0.465 e. The molecule has 0 aliphatic carbocycles. The van der Waals surface area contributed by atoms with Crippen LogP contribution in [0.5, 0.6) is 0 Å². The van der Waals surface area contributed by atoms with Gasteiger partial charge in [-0.15, -0.1) is 0 Å². The minimum absolute atomic E-state index is 0.0926. The lowest BCUT2D eigenvalue weighted by Gasteiger charge is -2.14. The molecule has 26 heavy (non-hydrogen) atoms. The first-order valence-electron chi connectivity index (χ1n) is 8.50. The van der Waals surface area contributed by atoms with Crippen molar-refractivity contribution in [3.05, 3.63) is 70.0 Å². The maximum Gasteiger partial charge on any atom is 0.319 e. The standard InChI is InChI=1S/C20H18N2O3S/c1-13-6-8-14(9-7-13)12-22-18(23)15-4-2-3-5-16(15)21-20(22)26-17-10-11-25-19(17)24/h2-9,17H,10-12H2,1H3/t17-/m0/s1. The van der Waals surface area contributed by atoms with Crippen molar-refractivity contribution in [3.63, 3.8) is 0 Å². The minimum atomic E-state index is -0.313. The number of carbonyl (C=O) groups excluding carboxylic acids is 1. The molecule has 0 N–H and O–H groups in total. The zero-order chi connectivity index (χ0) is 18.1. The molecule has 5 nitrogen and oxygen atoms in total. The Hall–Kier alpha value is -2.60. The molecule has 1 fully saturated rings. The fourth-order valence-corrected chi connectivity index (χ4v) is 4.02. The highest BCUT2D eigenvalue weighted by Crippen LogP contribution is 2.29. The quantitative estimate of drug-likeness (QED) is 0.524. The van der Waals surface area contributed by atoms with Gasteiger partial charge in [-0.05, 0) is 24.6 Å². The number of hydrogen-bond donors (Lipinski definition) is 0. The van der Waals surface area contributed by atoms with E-state index in [1.54, 1.807) is 10.6 Å². The summed E-state index contributed by atoms with van der Waals surface area (Å²) < 4.78 is 6.71. The molecule has 1 aromatic heterocycles. The predicted octanol–water partition coefficient (Wildman–Crippen LogP) is 3.16. The lowest BCUT2D eigenvalue weighted by Crippen LogP contribution is -2.25. The summed E-state index contributed by atoms with van der Waals surface area (Å²) in [6.45, 7) is 2.87. The molecule has 0 amide bonds. The van der Waals surface area contributed by atoms with E-state index in [4.69, 9.17) is 4.74 Å². The molecule has 3 aromatic rings. The topological polar surface area (TPSA) is 61.2 Å². The summed E-state index contributed by atoms with van der Waals surface area (Å²) in [7, 11) is 0. The number of hydrogen-bond acceptors (Lipinski definition) is 5. The van der Waals surface area contributed by atoms with Gasteiger partial charge in [0, 0.05) is 6.42 Å². The van der Waals surface area contributed by atoms with Crippen LogP contribution in [0.15, 0.2) is 58.5 Å². The van der Waals surface area contributed by atoms with Crippen LogP contribution in [0.3, 0.4) is 0 Å². The lowest BCUT2D eigenvalue weighted by molar-refractivity contribution is -0.137. The van der Waals surface area contributed by atoms with Crippen molar-refractivity contribution >= 4 is 28.6 Å². The number of rotatable bonds is 4. The normalized spacial score (nSPS) is 16.8. The van der Waals surface area contributed by atoms with E-state index in [1.165, 1.54) is 17.3 Å². The third kappa shape index (κ3) is 3.24. The van der Waals surface area contributed by atoms with Gasteiger partial charge < -0.3 is 4.74 Å². The molecular formula is C20H18N2O3S. The molecule has 0 unspecified atom stereocenters. The number of ether oxygens (including phenoxy) is 1. The maximum absolute atomic E-state index is 13.1. The van der Waals surface area contributed by atoms with E-state index >= 15 is 0 Å². The second kappa shape index (κ2) is 6.96. The first-order valence-corrected chi connectivity index (χ1v) is 9.38. The van der Waals surface area contributed by atoms with Crippen molar-refractivity contribution in [2.75, 3.05) is 6.61 Å². The third-order valence-corrected chi connectivity index (χ3v) is 5.66. The number of aryl methyl sites for hydroxylation is 1. The van der Waals surface area contributed by atoms with Crippen molar-refractivity contribution in [3.8, 4) is 0 Å². The average Bonchev–Trinajstić information content (AvgIpc) is 3.05. The van der Waals surface area contributed by atoms with Crippen LogP contribution in [0.1, 0.15) is 17.5 Å². The van der Waals surface area contributed by atoms with Crippen LogP contribution < -0.4 is 5.56 Å². The van der Waals surface area contributed by atoms with Crippen molar-refractivity contribution < 1.29 is 9.53 Å². The first-order chi connectivity index (χ1) is 12.6. The summed E-state index contributed by atoms with van der Waals surface area (Å²) in [5.41, 5.74) is 2.74. The molecule has 6 heteroatoms. The molecule has 2 heterocycles. The number of carbonyl (C=O) groups is 1. The maximum atomic E-state index is 13.1. The number of fused-ring (bicyclic) bond motifs is 1. The number of esters is 1. The zero-order valence-corrected chi connectivity index (χ0v) is 15.2. The first kappa shape index (κ1) is 16.8. The molecule has 2 aromatic carbocycles. The Morgan fingerprint density at radius 3 is 2.65 bits per heavy atom. The van der Waals surface area contributed by atoms with Crippen LogP contribution >= 0.6 is 11.8 Å².